The molecule has 132 valence electrons. The van der Waals surface area contributed by atoms with E-state index in [9.17, 15) is 27.6 Å². The molecule has 0 saturated carbocycles. The molecule has 0 bridgehead atoms. The number of hydrogen-bond donors (Lipinski definition) is 1. The summed E-state index contributed by atoms with van der Waals surface area (Å²) in [7, 11) is 2.19. The first-order chi connectivity index (χ1) is 11.2. The third kappa shape index (κ3) is 4.71. The van der Waals surface area contributed by atoms with Crippen molar-refractivity contribution in [2.75, 3.05) is 14.2 Å². The van der Waals surface area contributed by atoms with Crippen LogP contribution in [0.2, 0.25) is 0 Å². The standard InChI is InChI=1S/C15H16F3NO5/c1-7(14(21)23-2)4-11(15(22)24-3)19-13(20)12-9(17)5-8(16)6-10(12)18/h5-7,11H,4H2,1-3H3,(H,19,20)/t7-,11+/m1/s1. The van der Waals surface area contributed by atoms with Crippen molar-refractivity contribution in [2.45, 2.75) is 19.4 Å². The Kier molecular flexibility index (Phi) is 6.75. The van der Waals surface area contributed by atoms with Gasteiger partial charge in [0.25, 0.3) is 5.91 Å². The molecule has 0 fully saturated rings. The average Bonchev–Trinajstić information content (AvgIpc) is 2.51. The molecular formula is C15H16F3NO5. The van der Waals surface area contributed by atoms with Crippen LogP contribution in [0.4, 0.5) is 13.2 Å². The van der Waals surface area contributed by atoms with Crippen LogP contribution in [0.1, 0.15) is 23.7 Å². The van der Waals surface area contributed by atoms with Crippen molar-refractivity contribution in [3.63, 3.8) is 0 Å². The third-order valence-corrected chi connectivity index (χ3v) is 3.22. The van der Waals surface area contributed by atoms with Crippen LogP contribution in [0.3, 0.4) is 0 Å². The topological polar surface area (TPSA) is 81.7 Å². The van der Waals surface area contributed by atoms with Crippen molar-refractivity contribution in [2.24, 2.45) is 5.92 Å². The number of rotatable bonds is 6. The Morgan fingerprint density at radius 1 is 1.04 bits per heavy atom. The molecule has 6 nitrogen and oxygen atoms in total. The van der Waals surface area contributed by atoms with Crippen molar-refractivity contribution >= 4 is 17.8 Å². The molecule has 1 N–H and O–H groups in total. The van der Waals surface area contributed by atoms with Crippen LogP contribution in [0.25, 0.3) is 0 Å². The normalized spacial score (nSPS) is 12.9. The van der Waals surface area contributed by atoms with Crippen LogP contribution in [0.5, 0.6) is 0 Å². The lowest BCUT2D eigenvalue weighted by molar-refractivity contribution is -0.147. The number of ether oxygens (including phenoxy) is 2. The van der Waals surface area contributed by atoms with E-state index < -0.39 is 52.8 Å². The average molecular weight is 347 g/mol. The number of benzene rings is 1. The van der Waals surface area contributed by atoms with Gasteiger partial charge in [0.05, 0.1) is 20.1 Å². The first-order valence-electron chi connectivity index (χ1n) is 6.82. The molecule has 0 radical (unpaired) electrons. The first-order valence-corrected chi connectivity index (χ1v) is 6.82. The summed E-state index contributed by atoms with van der Waals surface area (Å²) in [5.41, 5.74) is -1.05. The van der Waals surface area contributed by atoms with Gasteiger partial charge in [0.15, 0.2) is 0 Å². The zero-order valence-corrected chi connectivity index (χ0v) is 13.2. The Balaban J connectivity index is 3.01. The Morgan fingerprint density at radius 2 is 1.54 bits per heavy atom. The highest BCUT2D eigenvalue weighted by Gasteiger charge is 2.29. The fourth-order valence-corrected chi connectivity index (χ4v) is 2.00. The summed E-state index contributed by atoms with van der Waals surface area (Å²) in [6.45, 7) is 1.44. The van der Waals surface area contributed by atoms with Crippen molar-refractivity contribution < 1.29 is 37.0 Å². The summed E-state index contributed by atoms with van der Waals surface area (Å²) >= 11 is 0. The molecular weight excluding hydrogens is 331 g/mol. The Hall–Kier alpha value is -2.58. The minimum absolute atomic E-state index is 0.213. The van der Waals surface area contributed by atoms with Gasteiger partial charge >= 0.3 is 11.9 Å². The summed E-state index contributed by atoms with van der Waals surface area (Å²) < 4.78 is 49.1. The highest BCUT2D eigenvalue weighted by Crippen LogP contribution is 2.16. The van der Waals surface area contributed by atoms with Gasteiger partial charge in [-0.25, -0.2) is 18.0 Å². The second-order valence-electron chi connectivity index (χ2n) is 4.95. The van der Waals surface area contributed by atoms with Gasteiger partial charge in [-0.15, -0.1) is 0 Å². The van der Waals surface area contributed by atoms with Gasteiger partial charge in [-0.3, -0.25) is 9.59 Å². The molecule has 0 aliphatic carbocycles. The van der Waals surface area contributed by atoms with Crippen LogP contribution in [0, 0.1) is 23.4 Å². The van der Waals surface area contributed by atoms with Gasteiger partial charge < -0.3 is 14.8 Å². The molecule has 0 saturated heterocycles. The highest BCUT2D eigenvalue weighted by molar-refractivity contribution is 5.97. The maximum absolute atomic E-state index is 13.6. The number of nitrogens with one attached hydrogen (secondary N) is 1. The summed E-state index contributed by atoms with van der Waals surface area (Å²) in [4.78, 5) is 35.1. The molecule has 2 atom stereocenters. The number of halogens is 3. The van der Waals surface area contributed by atoms with Crippen molar-refractivity contribution in [1.82, 2.24) is 5.32 Å². The van der Waals surface area contributed by atoms with E-state index in [1.165, 1.54) is 6.92 Å². The van der Waals surface area contributed by atoms with Gasteiger partial charge in [0.1, 0.15) is 29.1 Å². The van der Waals surface area contributed by atoms with Crippen molar-refractivity contribution in [3.05, 3.63) is 35.1 Å². The predicted molar refractivity (Wildman–Crippen MR) is 75.4 cm³/mol. The molecule has 9 heteroatoms. The van der Waals surface area contributed by atoms with E-state index in [0.717, 1.165) is 14.2 Å². The van der Waals surface area contributed by atoms with E-state index in [1.807, 2.05) is 0 Å². The minimum Gasteiger partial charge on any atom is -0.469 e. The van der Waals surface area contributed by atoms with Crippen molar-refractivity contribution in [1.29, 1.82) is 0 Å². The van der Waals surface area contributed by atoms with Crippen LogP contribution < -0.4 is 5.32 Å². The Labute approximate surface area is 135 Å². The number of hydrogen-bond acceptors (Lipinski definition) is 5. The quantitative estimate of drug-likeness (QED) is 0.790. The zero-order chi connectivity index (χ0) is 18.4. The first kappa shape index (κ1) is 19.5. The summed E-state index contributed by atoms with van der Waals surface area (Å²) in [5, 5.41) is 2.07. The SMILES string of the molecule is COC(=O)[C@H](C)C[C@H](NC(=O)c1c(F)cc(F)cc1F)C(=O)OC. The van der Waals surface area contributed by atoms with E-state index in [4.69, 9.17) is 0 Å². The number of carbonyl (C=O) groups is 3. The van der Waals surface area contributed by atoms with Gasteiger partial charge in [-0.05, 0) is 6.42 Å². The lowest BCUT2D eigenvalue weighted by Crippen LogP contribution is -2.44. The second kappa shape index (κ2) is 8.32. The van der Waals surface area contributed by atoms with Gasteiger partial charge in [0.2, 0.25) is 0 Å². The second-order valence-corrected chi connectivity index (χ2v) is 4.95. The molecule has 0 spiro atoms. The summed E-state index contributed by atoms with van der Waals surface area (Å²) in [5.74, 6) is -7.66. The largest absolute Gasteiger partial charge is 0.469 e. The molecule has 1 aromatic rings. The lowest BCUT2D eigenvalue weighted by Gasteiger charge is -2.19. The van der Waals surface area contributed by atoms with Crippen LogP contribution >= 0.6 is 0 Å². The summed E-state index contributed by atoms with van der Waals surface area (Å²) in [6, 6.07) is -0.676. The monoisotopic (exact) mass is 347 g/mol. The van der Waals surface area contributed by atoms with Gasteiger partial charge in [0, 0.05) is 12.1 Å². The van der Waals surface area contributed by atoms with E-state index in [1.54, 1.807) is 0 Å². The fraction of sp³-hybridized carbons (Fsp3) is 0.400. The molecule has 0 aliphatic heterocycles. The molecule has 1 rings (SSSR count). The van der Waals surface area contributed by atoms with Crippen LogP contribution in [-0.4, -0.2) is 38.1 Å². The van der Waals surface area contributed by atoms with Crippen LogP contribution in [0.15, 0.2) is 12.1 Å². The molecule has 0 aliphatic rings. The fourth-order valence-electron chi connectivity index (χ4n) is 2.00. The number of methoxy groups -OCH3 is 2. The minimum atomic E-state index is -1.42. The number of carbonyl (C=O) groups excluding carboxylic acids is 3. The van der Waals surface area contributed by atoms with Gasteiger partial charge in [-0.2, -0.15) is 0 Å². The van der Waals surface area contributed by atoms with E-state index in [2.05, 4.69) is 14.8 Å². The Morgan fingerprint density at radius 3 is 2.00 bits per heavy atom. The molecule has 0 unspecified atom stereocenters. The van der Waals surface area contributed by atoms with E-state index >= 15 is 0 Å². The molecule has 0 aromatic heterocycles. The molecule has 0 heterocycles. The smallest absolute Gasteiger partial charge is 0.328 e. The summed E-state index contributed by atoms with van der Waals surface area (Å²) in [6.07, 6.45) is -0.213. The van der Waals surface area contributed by atoms with E-state index in [0.29, 0.717) is 12.1 Å². The molecule has 24 heavy (non-hydrogen) atoms. The highest BCUT2D eigenvalue weighted by atomic mass is 19.1. The third-order valence-electron chi connectivity index (χ3n) is 3.22. The predicted octanol–water partition coefficient (Wildman–Crippen LogP) is 1.57. The van der Waals surface area contributed by atoms with Gasteiger partial charge in [-0.1, -0.05) is 6.92 Å². The Bertz CT molecular complexity index is 627. The zero-order valence-electron chi connectivity index (χ0n) is 13.2. The molecule has 1 aromatic carbocycles. The number of esters is 2. The van der Waals surface area contributed by atoms with E-state index in [-0.39, 0.29) is 6.42 Å². The maximum atomic E-state index is 13.6. The van der Waals surface area contributed by atoms with Crippen LogP contribution in [-0.2, 0) is 19.1 Å². The maximum Gasteiger partial charge on any atom is 0.328 e. The lowest BCUT2D eigenvalue weighted by atomic mass is 10.0. The van der Waals surface area contributed by atoms with Crippen molar-refractivity contribution in [3.8, 4) is 0 Å². The number of amides is 1. The molecule has 1 amide bonds.